The molecule has 1 saturated heterocycles. The van der Waals surface area contributed by atoms with Crippen molar-refractivity contribution in [3.63, 3.8) is 0 Å². The van der Waals surface area contributed by atoms with E-state index in [2.05, 4.69) is 4.98 Å². The van der Waals surface area contributed by atoms with Crippen molar-refractivity contribution < 1.29 is 33.3 Å². The van der Waals surface area contributed by atoms with Crippen LogP contribution >= 0.6 is 12.2 Å². The van der Waals surface area contributed by atoms with Crippen LogP contribution in [0.2, 0.25) is 0 Å². The molecule has 10 nitrogen and oxygen atoms in total. The fourth-order valence-electron chi connectivity index (χ4n) is 3.97. The van der Waals surface area contributed by atoms with Crippen molar-refractivity contribution in [3.8, 4) is 0 Å². The van der Waals surface area contributed by atoms with E-state index in [-0.39, 0.29) is 16.9 Å². The quantitative estimate of drug-likeness (QED) is 0.273. The number of nitrogens with zero attached hydrogens (tertiary/aromatic N) is 1. The molecule has 1 fully saturated rings. The molecule has 4 rings (SSSR count). The first-order valence-electron chi connectivity index (χ1n) is 11.8. The van der Waals surface area contributed by atoms with Gasteiger partial charge in [-0.1, -0.05) is 35.4 Å². The Balaban J connectivity index is 1.65. The SMILES string of the molecule is CC(=O)O[C@@H]1[C@H](OC(=O)c2ccc(C)cc2)[C@H](COC(=O)c2ccc(C)cc2)O[C@H]1n1ccc(=O)[nH]c1=S. The van der Waals surface area contributed by atoms with Crippen LogP contribution in [0.25, 0.3) is 0 Å². The van der Waals surface area contributed by atoms with Gasteiger partial charge in [-0.3, -0.25) is 19.1 Å². The predicted molar refractivity (Wildman–Crippen MR) is 137 cm³/mol. The van der Waals surface area contributed by atoms with Crippen molar-refractivity contribution in [1.29, 1.82) is 0 Å². The van der Waals surface area contributed by atoms with Crippen LogP contribution in [0, 0.1) is 18.6 Å². The highest BCUT2D eigenvalue weighted by Crippen LogP contribution is 2.35. The molecule has 2 heterocycles. The van der Waals surface area contributed by atoms with Crippen molar-refractivity contribution in [2.24, 2.45) is 0 Å². The lowest BCUT2D eigenvalue weighted by molar-refractivity contribution is -0.156. The summed E-state index contributed by atoms with van der Waals surface area (Å²) in [6, 6.07) is 14.8. The summed E-state index contributed by atoms with van der Waals surface area (Å²) in [6.45, 7) is 4.66. The molecular weight excluding hydrogens is 512 g/mol. The lowest BCUT2D eigenvalue weighted by Crippen LogP contribution is -2.41. The first kappa shape index (κ1) is 27.0. The summed E-state index contributed by atoms with van der Waals surface area (Å²) in [5, 5.41) is 0. The molecule has 0 unspecified atom stereocenters. The molecule has 4 atom stereocenters. The Bertz CT molecular complexity index is 1450. The normalized spacial score (nSPS) is 20.5. The third kappa shape index (κ3) is 6.24. The van der Waals surface area contributed by atoms with Crippen LogP contribution in [0.15, 0.2) is 65.6 Å². The van der Waals surface area contributed by atoms with Crippen molar-refractivity contribution >= 4 is 30.1 Å². The standard InChI is InChI=1S/C27H26N2O8S/c1-15-4-8-18(9-5-15)25(32)34-14-20-22(37-26(33)19-10-6-16(2)7-11-19)23(35-17(3)30)24(36-20)29-13-12-21(31)28-27(29)38/h4-13,20,22-24H,14H2,1-3H3,(H,28,31,38)/t20-,22+,23+,24+/m0/s1. The summed E-state index contributed by atoms with van der Waals surface area (Å²) >= 11 is 5.27. The minimum absolute atomic E-state index is 0.000522. The minimum atomic E-state index is -1.17. The average molecular weight is 539 g/mol. The van der Waals surface area contributed by atoms with Gasteiger partial charge in [0.15, 0.2) is 23.2 Å². The monoisotopic (exact) mass is 538 g/mol. The number of carbonyl (C=O) groups excluding carboxylic acids is 3. The second kappa shape index (κ2) is 11.5. The molecule has 0 bridgehead atoms. The summed E-state index contributed by atoms with van der Waals surface area (Å²) in [5.74, 6) is -1.95. The van der Waals surface area contributed by atoms with E-state index < -0.39 is 48.0 Å². The predicted octanol–water partition coefficient (Wildman–Crippen LogP) is 3.43. The van der Waals surface area contributed by atoms with Crippen LogP contribution in [0.1, 0.15) is 45.0 Å². The summed E-state index contributed by atoms with van der Waals surface area (Å²) < 4.78 is 24.3. The zero-order valence-electron chi connectivity index (χ0n) is 20.9. The third-order valence-electron chi connectivity index (χ3n) is 5.91. The van der Waals surface area contributed by atoms with Crippen LogP contribution < -0.4 is 5.56 Å². The number of hydrogen-bond donors (Lipinski definition) is 1. The smallest absolute Gasteiger partial charge is 0.338 e. The summed E-state index contributed by atoms with van der Waals surface area (Å²) in [6.07, 6.45) is -3.06. The van der Waals surface area contributed by atoms with Gasteiger partial charge in [-0.05, 0) is 50.3 Å². The van der Waals surface area contributed by atoms with Gasteiger partial charge in [0.05, 0.1) is 11.1 Å². The topological polar surface area (TPSA) is 126 Å². The van der Waals surface area contributed by atoms with E-state index in [1.165, 1.54) is 23.8 Å². The lowest BCUT2D eigenvalue weighted by Gasteiger charge is -2.24. The van der Waals surface area contributed by atoms with Gasteiger partial charge in [-0.15, -0.1) is 0 Å². The highest BCUT2D eigenvalue weighted by atomic mass is 32.1. The molecule has 3 aromatic rings. The molecule has 1 aromatic heterocycles. The van der Waals surface area contributed by atoms with Gasteiger partial charge in [0.1, 0.15) is 12.7 Å². The molecule has 0 saturated carbocycles. The molecule has 0 spiro atoms. The lowest BCUT2D eigenvalue weighted by atomic mass is 10.1. The number of carbonyl (C=O) groups is 3. The second-order valence-electron chi connectivity index (χ2n) is 8.86. The molecule has 0 aliphatic carbocycles. The molecule has 198 valence electrons. The molecule has 2 aromatic carbocycles. The van der Waals surface area contributed by atoms with E-state index >= 15 is 0 Å². The number of nitrogens with one attached hydrogen (secondary N) is 1. The number of H-pyrrole nitrogens is 1. The first-order chi connectivity index (χ1) is 18.1. The van der Waals surface area contributed by atoms with Gasteiger partial charge in [-0.25, -0.2) is 9.59 Å². The van der Waals surface area contributed by atoms with Gasteiger partial charge in [0.2, 0.25) is 0 Å². The molecule has 1 aliphatic heterocycles. The van der Waals surface area contributed by atoms with Crippen LogP contribution in [0.5, 0.6) is 0 Å². The van der Waals surface area contributed by atoms with Gasteiger partial charge in [0.25, 0.3) is 5.56 Å². The van der Waals surface area contributed by atoms with E-state index in [4.69, 9.17) is 31.2 Å². The zero-order chi connectivity index (χ0) is 27.4. The van der Waals surface area contributed by atoms with E-state index in [9.17, 15) is 19.2 Å². The van der Waals surface area contributed by atoms with Crippen LogP contribution in [-0.2, 0) is 23.7 Å². The highest BCUT2D eigenvalue weighted by molar-refractivity contribution is 7.71. The van der Waals surface area contributed by atoms with Gasteiger partial charge >= 0.3 is 17.9 Å². The number of benzene rings is 2. The summed E-state index contributed by atoms with van der Waals surface area (Å²) in [4.78, 5) is 51.9. The number of aromatic nitrogens is 2. The minimum Gasteiger partial charge on any atom is -0.459 e. The molecule has 0 radical (unpaired) electrons. The maximum atomic E-state index is 13.0. The summed E-state index contributed by atoms with van der Waals surface area (Å²) in [7, 11) is 0. The van der Waals surface area contributed by atoms with Crippen molar-refractivity contribution in [1.82, 2.24) is 9.55 Å². The maximum absolute atomic E-state index is 13.0. The van der Waals surface area contributed by atoms with Gasteiger partial charge in [-0.2, -0.15) is 0 Å². The Morgan fingerprint density at radius 2 is 1.47 bits per heavy atom. The zero-order valence-corrected chi connectivity index (χ0v) is 21.7. The molecule has 1 N–H and O–H groups in total. The first-order valence-corrected chi connectivity index (χ1v) is 12.2. The molecular formula is C27H26N2O8S. The second-order valence-corrected chi connectivity index (χ2v) is 9.24. The Hall–Kier alpha value is -4.09. The Morgan fingerprint density at radius 1 is 0.895 bits per heavy atom. The van der Waals surface area contributed by atoms with Crippen molar-refractivity contribution in [2.45, 2.75) is 45.3 Å². The number of rotatable bonds is 7. The number of esters is 3. The fraction of sp³-hybridized carbons (Fsp3) is 0.296. The Morgan fingerprint density at radius 3 is 2.03 bits per heavy atom. The maximum Gasteiger partial charge on any atom is 0.338 e. The molecule has 11 heteroatoms. The van der Waals surface area contributed by atoms with Gasteiger partial charge in [0, 0.05) is 19.2 Å². The fourth-order valence-corrected chi connectivity index (χ4v) is 4.23. The number of aryl methyl sites for hydroxylation is 2. The average Bonchev–Trinajstić information content (AvgIpc) is 3.19. The number of aromatic amines is 1. The van der Waals surface area contributed by atoms with E-state index in [0.717, 1.165) is 11.1 Å². The van der Waals surface area contributed by atoms with Crippen molar-refractivity contribution in [2.75, 3.05) is 6.61 Å². The van der Waals surface area contributed by atoms with E-state index in [0.29, 0.717) is 5.56 Å². The number of hydrogen-bond acceptors (Lipinski definition) is 9. The highest BCUT2D eigenvalue weighted by Gasteiger charge is 2.51. The van der Waals surface area contributed by atoms with Crippen LogP contribution in [-0.4, -0.2) is 52.4 Å². The van der Waals surface area contributed by atoms with Crippen LogP contribution in [0.4, 0.5) is 0 Å². The molecule has 0 amide bonds. The van der Waals surface area contributed by atoms with E-state index in [1.807, 2.05) is 13.8 Å². The largest absolute Gasteiger partial charge is 0.459 e. The Kier molecular flexibility index (Phi) is 8.18. The Labute approximate surface area is 223 Å². The van der Waals surface area contributed by atoms with Crippen LogP contribution in [0.3, 0.4) is 0 Å². The number of ether oxygens (including phenoxy) is 4. The summed E-state index contributed by atoms with van der Waals surface area (Å²) in [5.41, 5.74) is 2.11. The van der Waals surface area contributed by atoms with E-state index in [1.54, 1.807) is 48.5 Å². The van der Waals surface area contributed by atoms with Crippen molar-refractivity contribution in [3.05, 3.63) is 98.2 Å². The van der Waals surface area contributed by atoms with Gasteiger partial charge < -0.3 is 18.9 Å². The molecule has 1 aliphatic rings. The molecule has 38 heavy (non-hydrogen) atoms. The third-order valence-corrected chi connectivity index (χ3v) is 6.22.